The van der Waals surface area contributed by atoms with Crippen LogP contribution in [0.2, 0.25) is 0 Å². The summed E-state index contributed by atoms with van der Waals surface area (Å²) in [7, 11) is 0. The van der Waals surface area contributed by atoms with Crippen LogP contribution in [0.15, 0.2) is 36.5 Å². The number of esters is 1. The van der Waals surface area contributed by atoms with Crippen molar-refractivity contribution in [1.82, 2.24) is 5.32 Å². The van der Waals surface area contributed by atoms with Crippen molar-refractivity contribution < 1.29 is 24.5 Å². The number of allylic oxidation sites excluding steroid dienone is 5. The van der Waals surface area contributed by atoms with Gasteiger partial charge in [-0.2, -0.15) is 0 Å². The molecule has 0 aliphatic carbocycles. The number of aliphatic hydroxyl groups is 2. The first kappa shape index (κ1) is 71.1. The van der Waals surface area contributed by atoms with Crippen LogP contribution < -0.4 is 5.32 Å². The minimum Gasteiger partial charge on any atom is -0.466 e. The molecule has 0 aromatic carbocycles. The molecule has 1 amide bonds. The first-order valence-corrected chi connectivity index (χ1v) is 32.8. The first-order chi connectivity index (χ1) is 36.0. The molecule has 0 aliphatic heterocycles. The second kappa shape index (κ2) is 62.6. The molecule has 3 N–H and O–H groups in total. The lowest BCUT2D eigenvalue weighted by Crippen LogP contribution is -2.45. The van der Waals surface area contributed by atoms with Gasteiger partial charge in [0.25, 0.3) is 0 Å². The van der Waals surface area contributed by atoms with Gasteiger partial charge in [0.1, 0.15) is 0 Å². The average Bonchev–Trinajstić information content (AvgIpc) is 3.39. The highest BCUT2D eigenvalue weighted by atomic mass is 16.5. The number of carbonyl (C=O) groups is 2. The van der Waals surface area contributed by atoms with Crippen LogP contribution in [0.4, 0.5) is 0 Å². The van der Waals surface area contributed by atoms with E-state index in [1.165, 1.54) is 276 Å². The van der Waals surface area contributed by atoms with Gasteiger partial charge in [0.2, 0.25) is 5.91 Å². The smallest absolute Gasteiger partial charge is 0.305 e. The van der Waals surface area contributed by atoms with E-state index in [-0.39, 0.29) is 18.5 Å². The van der Waals surface area contributed by atoms with Gasteiger partial charge in [-0.15, -0.1) is 0 Å². The summed E-state index contributed by atoms with van der Waals surface area (Å²) in [6, 6.07) is -0.622. The van der Waals surface area contributed by atoms with E-state index in [0.29, 0.717) is 19.4 Å². The van der Waals surface area contributed by atoms with E-state index >= 15 is 0 Å². The van der Waals surface area contributed by atoms with E-state index in [2.05, 4.69) is 43.5 Å². The third kappa shape index (κ3) is 59.2. The van der Waals surface area contributed by atoms with E-state index in [4.69, 9.17) is 4.74 Å². The van der Waals surface area contributed by atoms with Gasteiger partial charge in [0, 0.05) is 12.8 Å². The lowest BCUT2D eigenvalue weighted by atomic mass is 10.0. The van der Waals surface area contributed by atoms with Gasteiger partial charge in [-0.3, -0.25) is 9.59 Å². The maximum absolute atomic E-state index is 12.4. The van der Waals surface area contributed by atoms with Crippen molar-refractivity contribution >= 4 is 11.9 Å². The second-order valence-electron chi connectivity index (χ2n) is 22.5. The van der Waals surface area contributed by atoms with Gasteiger partial charge in [-0.05, 0) is 57.8 Å². The molecular weight excluding hydrogens is 899 g/mol. The quantitative estimate of drug-likeness (QED) is 0.0320. The minimum atomic E-state index is -0.838. The monoisotopic (exact) mass is 1030 g/mol. The Morgan fingerprint density at radius 1 is 0.384 bits per heavy atom. The SMILES string of the molecule is CCCC/C=C\C/C=C\CCCCCCCC(=O)OCCCCCCCCCCCCCCCCCCCCCCCCCCCCCCCCCCCC(=O)NC(CO)C(O)/C=C/CCCCCCCCC. The van der Waals surface area contributed by atoms with Crippen molar-refractivity contribution in [2.75, 3.05) is 13.2 Å². The number of aliphatic hydroxyl groups excluding tert-OH is 2. The maximum atomic E-state index is 12.4. The van der Waals surface area contributed by atoms with Gasteiger partial charge < -0.3 is 20.3 Å². The van der Waals surface area contributed by atoms with Crippen molar-refractivity contribution in [3.63, 3.8) is 0 Å². The van der Waals surface area contributed by atoms with Gasteiger partial charge in [0.15, 0.2) is 0 Å². The summed E-state index contributed by atoms with van der Waals surface area (Å²) in [5.41, 5.74) is 0. The van der Waals surface area contributed by atoms with Gasteiger partial charge in [0.05, 0.1) is 25.4 Å². The molecule has 0 aliphatic rings. The fraction of sp³-hybridized carbons (Fsp3) is 0.881. The Morgan fingerprint density at radius 2 is 0.699 bits per heavy atom. The van der Waals surface area contributed by atoms with Crippen LogP contribution in [0.1, 0.15) is 354 Å². The van der Waals surface area contributed by atoms with Crippen LogP contribution in [0.25, 0.3) is 0 Å². The Kier molecular flexibility index (Phi) is 61.0. The number of nitrogens with one attached hydrogen (secondary N) is 1. The zero-order valence-electron chi connectivity index (χ0n) is 49.1. The van der Waals surface area contributed by atoms with E-state index in [1.54, 1.807) is 6.08 Å². The highest BCUT2D eigenvalue weighted by Gasteiger charge is 2.18. The third-order valence-electron chi connectivity index (χ3n) is 15.2. The summed E-state index contributed by atoms with van der Waals surface area (Å²) in [4.78, 5) is 24.4. The van der Waals surface area contributed by atoms with Crippen LogP contribution in [-0.4, -0.2) is 47.4 Å². The Hall–Kier alpha value is -1.92. The van der Waals surface area contributed by atoms with Crippen LogP contribution >= 0.6 is 0 Å². The zero-order chi connectivity index (χ0) is 52.9. The molecule has 0 spiro atoms. The molecule has 0 fully saturated rings. The normalized spacial score (nSPS) is 12.8. The summed E-state index contributed by atoms with van der Waals surface area (Å²) in [6.07, 6.45) is 79.4. The largest absolute Gasteiger partial charge is 0.466 e. The van der Waals surface area contributed by atoms with Crippen LogP contribution in [0.3, 0.4) is 0 Å². The van der Waals surface area contributed by atoms with Crippen LogP contribution in [0, 0.1) is 0 Å². The van der Waals surface area contributed by atoms with Crippen molar-refractivity contribution in [1.29, 1.82) is 0 Å². The molecule has 430 valence electrons. The lowest BCUT2D eigenvalue weighted by molar-refractivity contribution is -0.143. The number of hydrogen-bond donors (Lipinski definition) is 3. The van der Waals surface area contributed by atoms with E-state index < -0.39 is 12.1 Å². The van der Waals surface area contributed by atoms with Crippen molar-refractivity contribution in [2.24, 2.45) is 0 Å². The molecule has 73 heavy (non-hydrogen) atoms. The van der Waals surface area contributed by atoms with Crippen molar-refractivity contribution in [3.05, 3.63) is 36.5 Å². The number of amides is 1. The predicted molar refractivity (Wildman–Crippen MR) is 319 cm³/mol. The number of rotatable bonds is 61. The van der Waals surface area contributed by atoms with Gasteiger partial charge >= 0.3 is 5.97 Å². The fourth-order valence-electron chi connectivity index (χ4n) is 10.1. The molecule has 0 saturated carbocycles. The minimum absolute atomic E-state index is 0.00665. The second-order valence-corrected chi connectivity index (χ2v) is 22.5. The summed E-state index contributed by atoms with van der Waals surface area (Å²) >= 11 is 0. The molecule has 6 nitrogen and oxygen atoms in total. The molecule has 2 unspecified atom stereocenters. The molecule has 0 radical (unpaired) electrons. The highest BCUT2D eigenvalue weighted by Crippen LogP contribution is 2.18. The summed E-state index contributed by atoms with van der Waals surface area (Å²) in [5, 5.41) is 23.0. The summed E-state index contributed by atoms with van der Waals surface area (Å²) in [5.74, 6) is -0.0584. The van der Waals surface area contributed by atoms with Crippen molar-refractivity contribution in [3.8, 4) is 0 Å². The average molecular weight is 1030 g/mol. The lowest BCUT2D eigenvalue weighted by Gasteiger charge is -2.20. The Morgan fingerprint density at radius 3 is 1.08 bits per heavy atom. The van der Waals surface area contributed by atoms with Crippen molar-refractivity contribution in [2.45, 2.75) is 366 Å². The topological polar surface area (TPSA) is 95.9 Å². The Labute approximate surface area is 455 Å². The predicted octanol–water partition coefficient (Wildman–Crippen LogP) is 20.8. The van der Waals surface area contributed by atoms with Gasteiger partial charge in [-0.25, -0.2) is 0 Å². The number of carbonyl (C=O) groups excluding carboxylic acids is 2. The molecule has 6 heteroatoms. The maximum Gasteiger partial charge on any atom is 0.305 e. The highest BCUT2D eigenvalue weighted by molar-refractivity contribution is 5.76. The van der Waals surface area contributed by atoms with Crippen LogP contribution in [0.5, 0.6) is 0 Å². The molecule has 2 atom stereocenters. The van der Waals surface area contributed by atoms with Crippen LogP contribution in [-0.2, 0) is 14.3 Å². The molecule has 0 saturated heterocycles. The number of unbranched alkanes of at least 4 members (excludes halogenated alkanes) is 46. The van der Waals surface area contributed by atoms with E-state index in [1.807, 2.05) is 6.08 Å². The standard InChI is InChI=1S/C67H127NO5/c1-3-5-7-9-11-13-14-15-38-41-45-49-53-57-61-67(72)73-62-58-54-50-46-42-39-36-34-32-30-28-26-24-22-20-18-16-17-19-21-23-25-27-29-31-33-35-37-40-44-48-52-56-60-66(71)68-64(63-69)65(70)59-55-51-47-43-12-10-8-6-4-2/h9,11,14-15,55,59,64-65,69-70H,3-8,10,12-13,16-54,56-58,60-63H2,1-2H3,(H,68,71)/b11-9-,15-14-,59-55+. The van der Waals surface area contributed by atoms with Gasteiger partial charge in [-0.1, -0.05) is 320 Å². The molecular formula is C67H127NO5. The third-order valence-corrected chi connectivity index (χ3v) is 15.2. The van der Waals surface area contributed by atoms with E-state index in [0.717, 1.165) is 51.4 Å². The molecule has 0 heterocycles. The number of ether oxygens (including phenoxy) is 1. The number of hydrogen-bond acceptors (Lipinski definition) is 5. The molecule has 0 aromatic heterocycles. The Bertz CT molecular complexity index is 1180. The summed E-state index contributed by atoms with van der Waals surface area (Å²) in [6.45, 7) is 4.85. The van der Waals surface area contributed by atoms with E-state index in [9.17, 15) is 19.8 Å². The fourth-order valence-corrected chi connectivity index (χ4v) is 10.1. The summed E-state index contributed by atoms with van der Waals surface area (Å²) < 4.78 is 5.48. The molecule has 0 aromatic rings. The first-order valence-electron chi connectivity index (χ1n) is 32.8. The Balaban J connectivity index is 3.30. The molecule has 0 bridgehead atoms. The molecule has 0 rings (SSSR count). The zero-order valence-corrected chi connectivity index (χ0v) is 49.1.